The van der Waals surface area contributed by atoms with Crippen LogP contribution in [0.4, 0.5) is 5.69 Å². The Morgan fingerprint density at radius 3 is 2.35 bits per heavy atom. The van der Waals surface area contributed by atoms with E-state index in [1.165, 1.54) is 18.1 Å². The van der Waals surface area contributed by atoms with Crippen LogP contribution in [0, 0.1) is 24.0 Å². The Morgan fingerprint density at radius 1 is 1.08 bits per heavy atom. The molecular formula is C19H20N2O5. The van der Waals surface area contributed by atoms with Gasteiger partial charge >= 0.3 is 5.97 Å². The second kappa shape index (κ2) is 8.24. The van der Waals surface area contributed by atoms with Crippen molar-refractivity contribution in [1.29, 1.82) is 0 Å². The van der Waals surface area contributed by atoms with E-state index in [9.17, 15) is 19.7 Å². The van der Waals surface area contributed by atoms with Crippen molar-refractivity contribution in [2.75, 3.05) is 13.7 Å². The van der Waals surface area contributed by atoms with Gasteiger partial charge in [0, 0.05) is 12.1 Å². The maximum Gasteiger partial charge on any atom is 0.325 e. The van der Waals surface area contributed by atoms with Gasteiger partial charge in [0.2, 0.25) is 0 Å². The zero-order valence-corrected chi connectivity index (χ0v) is 14.9. The highest BCUT2D eigenvalue weighted by Gasteiger charge is 2.28. The van der Waals surface area contributed by atoms with E-state index in [1.807, 2.05) is 31.2 Å². The van der Waals surface area contributed by atoms with Crippen LogP contribution < -0.4 is 0 Å². The van der Waals surface area contributed by atoms with E-state index in [0.717, 1.165) is 11.1 Å². The number of aryl methyl sites for hydroxylation is 2. The van der Waals surface area contributed by atoms with Crippen LogP contribution in [0.15, 0.2) is 42.5 Å². The summed E-state index contributed by atoms with van der Waals surface area (Å²) < 4.78 is 4.67. The molecule has 0 aliphatic heterocycles. The van der Waals surface area contributed by atoms with Crippen LogP contribution in [0.3, 0.4) is 0 Å². The average Bonchev–Trinajstić information content (AvgIpc) is 2.61. The largest absolute Gasteiger partial charge is 0.468 e. The molecule has 0 N–H and O–H groups in total. The van der Waals surface area contributed by atoms with E-state index in [0.29, 0.717) is 5.56 Å². The second-order valence-electron chi connectivity index (χ2n) is 5.89. The minimum absolute atomic E-state index is 0.0486. The fourth-order valence-corrected chi connectivity index (χ4v) is 2.66. The van der Waals surface area contributed by atoms with Gasteiger partial charge in [-0.25, -0.2) is 0 Å². The van der Waals surface area contributed by atoms with Crippen LogP contribution in [-0.2, 0) is 16.1 Å². The molecule has 26 heavy (non-hydrogen) atoms. The summed E-state index contributed by atoms with van der Waals surface area (Å²) in [5, 5.41) is 11.4. The number of para-hydroxylation sites is 1. The van der Waals surface area contributed by atoms with Crippen LogP contribution in [0.2, 0.25) is 0 Å². The first-order chi connectivity index (χ1) is 12.3. The zero-order chi connectivity index (χ0) is 19.3. The van der Waals surface area contributed by atoms with Crippen molar-refractivity contribution in [2.24, 2.45) is 0 Å². The predicted molar refractivity (Wildman–Crippen MR) is 95.8 cm³/mol. The zero-order valence-electron chi connectivity index (χ0n) is 14.9. The monoisotopic (exact) mass is 356 g/mol. The van der Waals surface area contributed by atoms with Crippen molar-refractivity contribution in [3.8, 4) is 0 Å². The summed E-state index contributed by atoms with van der Waals surface area (Å²) in [6, 6.07) is 12.0. The summed E-state index contributed by atoms with van der Waals surface area (Å²) in [4.78, 5) is 36.9. The molecule has 0 aliphatic carbocycles. The van der Waals surface area contributed by atoms with E-state index < -0.39 is 16.8 Å². The molecule has 0 heterocycles. The number of hydrogen-bond donors (Lipinski definition) is 0. The summed E-state index contributed by atoms with van der Waals surface area (Å²) in [6.45, 7) is 3.31. The Labute approximate surface area is 151 Å². The first kappa shape index (κ1) is 19.1. The number of carbonyl (C=O) groups excluding carboxylic acids is 2. The van der Waals surface area contributed by atoms with Crippen LogP contribution >= 0.6 is 0 Å². The molecule has 0 saturated carbocycles. The van der Waals surface area contributed by atoms with Gasteiger partial charge in [-0.05, 0) is 31.0 Å². The van der Waals surface area contributed by atoms with Crippen molar-refractivity contribution in [2.45, 2.75) is 20.4 Å². The summed E-state index contributed by atoms with van der Waals surface area (Å²) in [5.41, 5.74) is 1.88. The molecule has 1 amide bonds. The number of rotatable bonds is 6. The Bertz CT molecular complexity index is 848. The highest BCUT2D eigenvalue weighted by molar-refractivity contribution is 6.00. The second-order valence-corrected chi connectivity index (χ2v) is 5.89. The SMILES string of the molecule is COC(=O)CN(Cc1ccccc1C)C(=O)c1cccc(C)c1[N+](=O)[O-]. The Balaban J connectivity index is 2.44. The number of benzene rings is 2. The van der Waals surface area contributed by atoms with Crippen molar-refractivity contribution >= 4 is 17.6 Å². The third-order valence-corrected chi connectivity index (χ3v) is 4.11. The number of methoxy groups -OCH3 is 1. The molecule has 0 fully saturated rings. The first-order valence-electron chi connectivity index (χ1n) is 7.99. The molecule has 136 valence electrons. The number of carbonyl (C=O) groups is 2. The van der Waals surface area contributed by atoms with Gasteiger partial charge in [0.15, 0.2) is 0 Å². The van der Waals surface area contributed by atoms with E-state index in [4.69, 9.17) is 0 Å². The molecule has 0 unspecified atom stereocenters. The lowest BCUT2D eigenvalue weighted by Crippen LogP contribution is -2.36. The van der Waals surface area contributed by atoms with Crippen LogP contribution in [-0.4, -0.2) is 35.4 Å². The van der Waals surface area contributed by atoms with Crippen LogP contribution in [0.1, 0.15) is 27.0 Å². The van der Waals surface area contributed by atoms with Gasteiger partial charge in [-0.3, -0.25) is 19.7 Å². The smallest absolute Gasteiger partial charge is 0.325 e. The van der Waals surface area contributed by atoms with E-state index in [1.54, 1.807) is 19.1 Å². The molecule has 0 spiro atoms. The molecule has 2 rings (SSSR count). The molecule has 7 nitrogen and oxygen atoms in total. The number of amides is 1. The lowest BCUT2D eigenvalue weighted by atomic mass is 10.1. The number of ether oxygens (including phenoxy) is 1. The normalized spacial score (nSPS) is 10.3. The number of nitro benzene ring substituents is 1. The fraction of sp³-hybridized carbons (Fsp3) is 0.263. The third kappa shape index (κ3) is 4.24. The molecule has 0 aromatic heterocycles. The number of nitro groups is 1. The fourth-order valence-electron chi connectivity index (χ4n) is 2.66. The van der Waals surface area contributed by atoms with Gasteiger partial charge in [-0.2, -0.15) is 0 Å². The quantitative estimate of drug-likeness (QED) is 0.451. The Hall–Kier alpha value is -3.22. The number of nitrogens with zero attached hydrogens (tertiary/aromatic N) is 2. The molecule has 2 aromatic rings. The standard InChI is InChI=1S/C19H20N2O5/c1-13-7-4-5-9-15(13)11-20(12-17(22)26-3)19(23)16-10-6-8-14(2)18(16)21(24)25/h4-10H,11-12H2,1-3H3. The highest BCUT2D eigenvalue weighted by atomic mass is 16.6. The van der Waals surface area contributed by atoms with Gasteiger partial charge in [0.1, 0.15) is 12.1 Å². The van der Waals surface area contributed by atoms with E-state index >= 15 is 0 Å². The summed E-state index contributed by atoms with van der Waals surface area (Å²) in [5.74, 6) is -1.18. The maximum atomic E-state index is 13.0. The minimum atomic E-state index is -0.595. The third-order valence-electron chi connectivity index (χ3n) is 4.11. The average molecular weight is 356 g/mol. The lowest BCUT2D eigenvalue weighted by molar-refractivity contribution is -0.385. The Kier molecular flexibility index (Phi) is 6.06. The van der Waals surface area contributed by atoms with Crippen molar-refractivity contribution in [3.63, 3.8) is 0 Å². The molecule has 0 atom stereocenters. The van der Waals surface area contributed by atoms with Crippen molar-refractivity contribution in [3.05, 3.63) is 74.8 Å². The lowest BCUT2D eigenvalue weighted by Gasteiger charge is -2.22. The molecule has 0 radical (unpaired) electrons. The van der Waals surface area contributed by atoms with Gasteiger partial charge in [0.25, 0.3) is 11.6 Å². The molecule has 0 aliphatic rings. The van der Waals surface area contributed by atoms with Crippen molar-refractivity contribution in [1.82, 2.24) is 4.90 Å². The highest BCUT2D eigenvalue weighted by Crippen LogP contribution is 2.25. The Morgan fingerprint density at radius 2 is 1.73 bits per heavy atom. The maximum absolute atomic E-state index is 13.0. The topological polar surface area (TPSA) is 89.8 Å². The van der Waals surface area contributed by atoms with Crippen LogP contribution in [0.5, 0.6) is 0 Å². The van der Waals surface area contributed by atoms with Crippen LogP contribution in [0.25, 0.3) is 0 Å². The van der Waals surface area contributed by atoms with Gasteiger partial charge in [-0.1, -0.05) is 36.4 Å². The number of hydrogen-bond acceptors (Lipinski definition) is 5. The molecule has 2 aromatic carbocycles. The van der Waals surface area contributed by atoms with E-state index in [-0.39, 0.29) is 24.3 Å². The molecular weight excluding hydrogens is 336 g/mol. The van der Waals surface area contributed by atoms with Gasteiger partial charge in [-0.15, -0.1) is 0 Å². The predicted octanol–water partition coefficient (Wildman–Crippen LogP) is 3.03. The van der Waals surface area contributed by atoms with E-state index in [2.05, 4.69) is 4.74 Å². The summed E-state index contributed by atoms with van der Waals surface area (Å²) in [7, 11) is 1.23. The number of esters is 1. The van der Waals surface area contributed by atoms with Gasteiger partial charge < -0.3 is 9.64 Å². The summed E-state index contributed by atoms with van der Waals surface area (Å²) >= 11 is 0. The van der Waals surface area contributed by atoms with Crippen molar-refractivity contribution < 1.29 is 19.2 Å². The minimum Gasteiger partial charge on any atom is -0.468 e. The molecule has 7 heteroatoms. The molecule has 0 bridgehead atoms. The van der Waals surface area contributed by atoms with Gasteiger partial charge in [0.05, 0.1) is 12.0 Å². The molecule has 0 saturated heterocycles. The summed E-state index contributed by atoms with van der Waals surface area (Å²) in [6.07, 6.45) is 0. The first-order valence-corrected chi connectivity index (χ1v) is 7.99.